The van der Waals surface area contributed by atoms with E-state index in [-0.39, 0.29) is 61.7 Å². The lowest BCUT2D eigenvalue weighted by Gasteiger charge is -2.47. The van der Waals surface area contributed by atoms with Crippen LogP contribution in [0.5, 0.6) is 0 Å². The highest BCUT2D eigenvalue weighted by atomic mass is 16.7. The maximum Gasteiger partial charge on any atom is 0.329 e. The van der Waals surface area contributed by atoms with E-state index < -0.39 is 83.9 Å². The van der Waals surface area contributed by atoms with Gasteiger partial charge in [-0.05, 0) is 89.5 Å². The fourth-order valence-electron chi connectivity index (χ4n) is 9.41. The summed E-state index contributed by atoms with van der Waals surface area (Å²) in [6.45, 7) is 10.3. The molecule has 2 saturated heterocycles. The van der Waals surface area contributed by atoms with Gasteiger partial charge in [0.25, 0.3) is 11.7 Å². The molecular formula is C43H67NO13. The molecule has 0 spiro atoms. The first kappa shape index (κ1) is 46.8. The van der Waals surface area contributed by atoms with Crippen molar-refractivity contribution < 1.29 is 63.0 Å². The van der Waals surface area contributed by atoms with Crippen LogP contribution in [-0.2, 0) is 47.7 Å². The molecular weight excluding hydrogens is 738 g/mol. The van der Waals surface area contributed by atoms with Crippen LogP contribution in [0.15, 0.2) is 23.3 Å². The number of amides is 1. The molecule has 0 aromatic rings. The van der Waals surface area contributed by atoms with E-state index in [1.54, 1.807) is 34.0 Å². The van der Waals surface area contributed by atoms with Crippen LogP contribution >= 0.6 is 0 Å². The normalized spacial score (nSPS) is 40.8. The van der Waals surface area contributed by atoms with Crippen molar-refractivity contribution in [3.8, 4) is 0 Å². The second-order valence-electron chi connectivity index (χ2n) is 17.2. The number of aliphatic hydroxyl groups excluding tert-OH is 2. The van der Waals surface area contributed by atoms with Gasteiger partial charge in [0.05, 0.1) is 30.5 Å². The molecule has 322 valence electrons. The molecule has 3 aliphatic heterocycles. The monoisotopic (exact) mass is 805 g/mol. The van der Waals surface area contributed by atoms with Crippen molar-refractivity contribution in [3.63, 3.8) is 0 Å². The number of aliphatic hydroxyl groups is 3. The number of hydrogen-bond donors (Lipinski definition) is 3. The zero-order valence-electron chi connectivity index (χ0n) is 35.3. The van der Waals surface area contributed by atoms with Gasteiger partial charge in [-0.3, -0.25) is 19.2 Å². The van der Waals surface area contributed by atoms with Gasteiger partial charge in [-0.1, -0.05) is 38.5 Å². The number of piperidine rings is 1. The van der Waals surface area contributed by atoms with Crippen LogP contribution in [0.3, 0.4) is 0 Å². The minimum atomic E-state index is -2.56. The molecule has 3 heterocycles. The first-order chi connectivity index (χ1) is 26.9. The zero-order chi connectivity index (χ0) is 42.4. The number of ketones is 3. The van der Waals surface area contributed by atoms with Crippen LogP contribution in [-0.4, -0.2) is 132 Å². The lowest BCUT2D eigenvalue weighted by atomic mass is 9.80. The van der Waals surface area contributed by atoms with E-state index in [0.29, 0.717) is 44.1 Å². The lowest BCUT2D eigenvalue weighted by Crippen LogP contribution is -2.65. The number of ether oxygens (including phenoxy) is 5. The van der Waals surface area contributed by atoms with E-state index in [1.807, 2.05) is 19.9 Å². The number of hydrogen-bond acceptors (Lipinski definition) is 13. The number of rotatable bonds is 7. The Hall–Kier alpha value is -2.85. The summed E-state index contributed by atoms with van der Waals surface area (Å²) in [7, 11) is 4.52. The smallest absolute Gasteiger partial charge is 0.329 e. The Morgan fingerprint density at radius 3 is 2.25 bits per heavy atom. The molecule has 0 radical (unpaired) electrons. The van der Waals surface area contributed by atoms with E-state index in [4.69, 9.17) is 23.7 Å². The van der Waals surface area contributed by atoms with E-state index in [9.17, 15) is 39.3 Å². The van der Waals surface area contributed by atoms with Crippen LogP contribution in [0.2, 0.25) is 0 Å². The highest BCUT2D eigenvalue weighted by Gasteiger charge is 2.57. The summed E-state index contributed by atoms with van der Waals surface area (Å²) in [6, 6.07) is -1.17. The van der Waals surface area contributed by atoms with Crippen molar-refractivity contribution in [2.75, 3.05) is 27.9 Å². The Morgan fingerprint density at radius 1 is 0.930 bits per heavy atom. The minimum Gasteiger partial charge on any atom is -0.456 e. The van der Waals surface area contributed by atoms with E-state index in [0.717, 1.165) is 10.5 Å². The molecule has 4 rings (SSSR count). The SMILES string of the molecule is COC1CC(/C=C(\C)C2OC(=O)C3CCCCN3C(=O)C(=O)C3(O)OC(C(OC)CC3C)C(OC)C(C)C/C(C)=C/C(CC(C)=O)C(=O)CC(O)C2C)CCC1O. The van der Waals surface area contributed by atoms with Crippen LogP contribution in [0.25, 0.3) is 0 Å². The number of cyclic esters (lactones) is 1. The predicted octanol–water partition coefficient (Wildman–Crippen LogP) is 3.65. The predicted molar refractivity (Wildman–Crippen MR) is 208 cm³/mol. The number of carbonyl (C=O) groups excluding carboxylic acids is 5. The van der Waals surface area contributed by atoms with Crippen molar-refractivity contribution >= 4 is 29.2 Å². The van der Waals surface area contributed by atoms with Crippen molar-refractivity contribution in [2.24, 2.45) is 29.6 Å². The second-order valence-corrected chi connectivity index (χ2v) is 17.2. The summed E-state index contributed by atoms with van der Waals surface area (Å²) >= 11 is 0. The summed E-state index contributed by atoms with van der Waals surface area (Å²) in [5, 5.41) is 34.1. The molecule has 57 heavy (non-hydrogen) atoms. The van der Waals surface area contributed by atoms with Gasteiger partial charge in [-0.15, -0.1) is 0 Å². The third kappa shape index (κ3) is 11.1. The highest BCUT2D eigenvalue weighted by molar-refractivity contribution is 6.39. The van der Waals surface area contributed by atoms with Gasteiger partial charge in [0, 0.05) is 58.5 Å². The van der Waals surface area contributed by atoms with Crippen molar-refractivity contribution in [3.05, 3.63) is 23.3 Å². The molecule has 4 aliphatic rings. The fraction of sp³-hybridized carbons (Fsp3) is 0.791. The van der Waals surface area contributed by atoms with Crippen molar-refractivity contribution in [2.45, 2.75) is 160 Å². The van der Waals surface area contributed by atoms with Gasteiger partial charge in [0.1, 0.15) is 29.8 Å². The number of carbonyl (C=O) groups is 5. The number of nitrogens with zero attached hydrogens (tertiary/aromatic N) is 1. The van der Waals surface area contributed by atoms with E-state index >= 15 is 0 Å². The van der Waals surface area contributed by atoms with Crippen molar-refractivity contribution in [1.29, 1.82) is 0 Å². The standard InChI is InChI=1S/C43H67NO13/c1-23-16-24(2)38(55-9)39-36(54-8)19-26(4)43(52,57-39)40(49)41(50)44-15-11-10-12-31(44)42(51)56-37(25(3)18-29-13-14-32(46)35(21-29)53-7)28(6)33(47)22-34(48)30(17-23)20-27(5)45/h17-18,24,26,28-33,35-39,46-47,52H,10-16,19-22H2,1-9H3/b23-17+,25-18+. The molecule has 14 atom stereocenters. The molecule has 1 saturated carbocycles. The van der Waals surface area contributed by atoms with Gasteiger partial charge < -0.3 is 43.9 Å². The minimum absolute atomic E-state index is 0.0395. The van der Waals surface area contributed by atoms with Crippen molar-refractivity contribution in [1.82, 2.24) is 4.90 Å². The molecule has 2 bridgehead atoms. The molecule has 3 N–H and O–H groups in total. The fourth-order valence-corrected chi connectivity index (χ4v) is 9.41. The van der Waals surface area contributed by atoms with Crippen LogP contribution in [0, 0.1) is 29.6 Å². The number of fused-ring (bicyclic) bond motifs is 3. The first-order valence-electron chi connectivity index (χ1n) is 20.6. The summed E-state index contributed by atoms with van der Waals surface area (Å²) < 4.78 is 29.7. The third-order valence-corrected chi connectivity index (χ3v) is 12.8. The number of esters is 1. The zero-order valence-corrected chi connectivity index (χ0v) is 35.3. The molecule has 0 aromatic heterocycles. The summed E-state index contributed by atoms with van der Waals surface area (Å²) in [5.74, 6) is -9.01. The molecule has 14 nitrogen and oxygen atoms in total. The number of methoxy groups -OCH3 is 3. The third-order valence-electron chi connectivity index (χ3n) is 12.8. The molecule has 1 aliphatic carbocycles. The Labute approximate surface area is 337 Å². The number of allylic oxidation sites excluding steroid dienone is 3. The Balaban J connectivity index is 1.81. The van der Waals surface area contributed by atoms with Crippen LogP contribution in [0.1, 0.15) is 106 Å². The first-order valence-corrected chi connectivity index (χ1v) is 20.6. The average Bonchev–Trinajstić information content (AvgIpc) is 3.17. The van der Waals surface area contributed by atoms with Crippen LogP contribution < -0.4 is 0 Å². The highest BCUT2D eigenvalue weighted by Crippen LogP contribution is 2.40. The quantitative estimate of drug-likeness (QED) is 0.192. The van der Waals surface area contributed by atoms with Gasteiger partial charge in [0.2, 0.25) is 5.79 Å². The maximum absolute atomic E-state index is 14.3. The Kier molecular flexibility index (Phi) is 16.8. The average molecular weight is 806 g/mol. The maximum atomic E-state index is 14.3. The van der Waals surface area contributed by atoms with Crippen LogP contribution in [0.4, 0.5) is 0 Å². The Bertz CT molecular complexity index is 1510. The summed E-state index contributed by atoms with van der Waals surface area (Å²) in [6.07, 6.45) is 1.17. The summed E-state index contributed by atoms with van der Waals surface area (Å²) in [5.41, 5.74) is 1.38. The van der Waals surface area contributed by atoms with E-state index in [1.165, 1.54) is 21.1 Å². The van der Waals surface area contributed by atoms with Gasteiger partial charge >= 0.3 is 5.97 Å². The topological polar surface area (TPSA) is 195 Å². The van der Waals surface area contributed by atoms with Gasteiger partial charge in [0.15, 0.2) is 0 Å². The second kappa shape index (κ2) is 20.4. The molecule has 0 aromatic carbocycles. The number of Topliss-reactive ketones (excluding diaryl/α,β-unsaturated/α-hetero) is 3. The van der Waals surface area contributed by atoms with Gasteiger partial charge in [-0.2, -0.15) is 0 Å². The molecule has 1 amide bonds. The summed E-state index contributed by atoms with van der Waals surface area (Å²) in [4.78, 5) is 70.3. The lowest BCUT2D eigenvalue weighted by molar-refractivity contribution is -0.305. The van der Waals surface area contributed by atoms with E-state index in [2.05, 4.69) is 0 Å². The van der Waals surface area contributed by atoms with Gasteiger partial charge in [-0.25, -0.2) is 4.79 Å². The largest absolute Gasteiger partial charge is 0.456 e. The molecule has 14 heteroatoms. The molecule has 14 unspecified atom stereocenters. The Morgan fingerprint density at radius 2 is 1.61 bits per heavy atom. The molecule has 3 fully saturated rings.